The number of carbonyl (C=O) groups excluding carboxylic acids is 1. The van der Waals surface area contributed by atoms with E-state index in [1.165, 1.54) is 18.2 Å². The lowest BCUT2D eigenvalue weighted by Crippen LogP contribution is -2.17. The molecule has 0 radical (unpaired) electrons. The zero-order chi connectivity index (χ0) is 15.5. The lowest BCUT2D eigenvalue weighted by Gasteiger charge is -2.20. The third-order valence-electron chi connectivity index (χ3n) is 3.20. The molecule has 0 unspecified atom stereocenters. The van der Waals surface area contributed by atoms with Crippen LogP contribution in [0.5, 0.6) is 5.75 Å². The third kappa shape index (κ3) is 3.58. The standard InChI is InChI=1S/C18H18O3/c1-18(2,21)15-9-6-10-17(20)14(15)11-12-16(19)13-7-4-3-5-8-13/h3-12,20-21H,1-2H3/b12-11+. The Hall–Kier alpha value is -2.39. The van der Waals surface area contributed by atoms with Crippen molar-refractivity contribution in [2.45, 2.75) is 19.4 Å². The summed E-state index contributed by atoms with van der Waals surface area (Å²) in [5.74, 6) is -0.118. The van der Waals surface area contributed by atoms with Crippen LogP contribution in [-0.4, -0.2) is 16.0 Å². The third-order valence-corrected chi connectivity index (χ3v) is 3.20. The minimum absolute atomic E-state index is 0.0340. The first-order chi connectivity index (χ1) is 9.89. The fourth-order valence-electron chi connectivity index (χ4n) is 2.12. The zero-order valence-electron chi connectivity index (χ0n) is 12.1. The fraction of sp³-hybridized carbons (Fsp3) is 0.167. The summed E-state index contributed by atoms with van der Waals surface area (Å²) in [5, 5.41) is 20.1. The van der Waals surface area contributed by atoms with Crippen molar-refractivity contribution < 1.29 is 15.0 Å². The minimum atomic E-state index is -1.10. The van der Waals surface area contributed by atoms with E-state index in [1.54, 1.807) is 50.2 Å². The Labute approximate surface area is 124 Å². The van der Waals surface area contributed by atoms with Crippen LogP contribution >= 0.6 is 0 Å². The highest BCUT2D eigenvalue weighted by molar-refractivity contribution is 6.07. The van der Waals surface area contributed by atoms with Gasteiger partial charge < -0.3 is 10.2 Å². The number of carbonyl (C=O) groups is 1. The molecule has 0 atom stereocenters. The number of rotatable bonds is 4. The summed E-state index contributed by atoms with van der Waals surface area (Å²) in [6, 6.07) is 13.8. The van der Waals surface area contributed by atoms with Crippen molar-refractivity contribution in [2.75, 3.05) is 0 Å². The molecular weight excluding hydrogens is 264 g/mol. The second-order valence-corrected chi connectivity index (χ2v) is 5.36. The van der Waals surface area contributed by atoms with E-state index < -0.39 is 5.60 Å². The monoisotopic (exact) mass is 282 g/mol. The van der Waals surface area contributed by atoms with Crippen LogP contribution in [0.4, 0.5) is 0 Å². The molecule has 2 aromatic carbocycles. The van der Waals surface area contributed by atoms with Crippen LogP contribution in [-0.2, 0) is 5.60 Å². The number of hydrogen-bond donors (Lipinski definition) is 2. The number of aromatic hydroxyl groups is 1. The summed E-state index contributed by atoms with van der Waals surface area (Å²) in [6.45, 7) is 3.27. The molecule has 0 aromatic heterocycles. The Morgan fingerprint density at radius 2 is 1.71 bits per heavy atom. The molecule has 0 fully saturated rings. The van der Waals surface area contributed by atoms with Crippen LogP contribution in [0.25, 0.3) is 6.08 Å². The zero-order valence-corrected chi connectivity index (χ0v) is 12.1. The highest BCUT2D eigenvalue weighted by Gasteiger charge is 2.20. The lowest BCUT2D eigenvalue weighted by atomic mass is 9.92. The first kappa shape index (κ1) is 15.0. The van der Waals surface area contributed by atoms with E-state index in [9.17, 15) is 15.0 Å². The van der Waals surface area contributed by atoms with Crippen molar-refractivity contribution in [3.8, 4) is 5.75 Å². The molecule has 2 aromatic rings. The number of aliphatic hydroxyl groups is 1. The van der Waals surface area contributed by atoms with E-state index in [4.69, 9.17) is 0 Å². The SMILES string of the molecule is CC(C)(O)c1cccc(O)c1/C=C/C(=O)c1ccccc1. The number of allylic oxidation sites excluding steroid dienone is 1. The molecule has 3 nitrogen and oxygen atoms in total. The van der Waals surface area contributed by atoms with Crippen molar-refractivity contribution in [3.05, 3.63) is 71.3 Å². The van der Waals surface area contributed by atoms with Gasteiger partial charge in [-0.15, -0.1) is 0 Å². The van der Waals surface area contributed by atoms with Crippen molar-refractivity contribution >= 4 is 11.9 Å². The summed E-state index contributed by atoms with van der Waals surface area (Å²) < 4.78 is 0. The van der Waals surface area contributed by atoms with E-state index in [0.29, 0.717) is 16.7 Å². The van der Waals surface area contributed by atoms with Gasteiger partial charge in [0.15, 0.2) is 5.78 Å². The van der Waals surface area contributed by atoms with Gasteiger partial charge in [-0.05, 0) is 37.6 Å². The Bertz CT molecular complexity index is 665. The maximum atomic E-state index is 12.1. The van der Waals surface area contributed by atoms with Gasteiger partial charge in [-0.1, -0.05) is 42.5 Å². The predicted octanol–water partition coefficient (Wildman–Crippen LogP) is 3.52. The van der Waals surface area contributed by atoms with Gasteiger partial charge in [-0.25, -0.2) is 0 Å². The van der Waals surface area contributed by atoms with Gasteiger partial charge in [0.1, 0.15) is 5.75 Å². The molecule has 108 valence electrons. The summed E-state index contributed by atoms with van der Waals surface area (Å²) in [4.78, 5) is 12.1. The highest BCUT2D eigenvalue weighted by atomic mass is 16.3. The van der Waals surface area contributed by atoms with Crippen molar-refractivity contribution in [1.29, 1.82) is 0 Å². The number of phenols is 1. The summed E-state index contributed by atoms with van der Waals surface area (Å²) in [7, 11) is 0. The molecule has 0 aliphatic carbocycles. The molecule has 0 aliphatic heterocycles. The van der Waals surface area contributed by atoms with E-state index in [1.807, 2.05) is 6.07 Å². The summed E-state index contributed by atoms with van der Waals surface area (Å²) >= 11 is 0. The molecule has 0 spiro atoms. The predicted molar refractivity (Wildman–Crippen MR) is 83.2 cm³/mol. The van der Waals surface area contributed by atoms with Crippen LogP contribution in [0.3, 0.4) is 0 Å². The molecule has 3 heteroatoms. The van der Waals surface area contributed by atoms with Gasteiger partial charge in [-0.2, -0.15) is 0 Å². The number of hydrogen-bond acceptors (Lipinski definition) is 3. The van der Waals surface area contributed by atoms with Gasteiger partial charge in [0.25, 0.3) is 0 Å². The summed E-state index contributed by atoms with van der Waals surface area (Å²) in [6.07, 6.45) is 2.94. The van der Waals surface area contributed by atoms with Gasteiger partial charge in [0.2, 0.25) is 0 Å². The fourth-order valence-corrected chi connectivity index (χ4v) is 2.12. The highest BCUT2D eigenvalue weighted by Crippen LogP contribution is 2.30. The van der Waals surface area contributed by atoms with Crippen LogP contribution in [0.2, 0.25) is 0 Å². The number of phenolic OH excluding ortho intramolecular Hbond substituents is 1. The van der Waals surface area contributed by atoms with E-state index >= 15 is 0 Å². The van der Waals surface area contributed by atoms with E-state index in [2.05, 4.69) is 0 Å². The smallest absolute Gasteiger partial charge is 0.185 e. The Kier molecular flexibility index (Phi) is 4.24. The van der Waals surface area contributed by atoms with E-state index in [0.717, 1.165) is 0 Å². The number of ketones is 1. The molecule has 2 rings (SSSR count). The van der Waals surface area contributed by atoms with Crippen molar-refractivity contribution in [2.24, 2.45) is 0 Å². The van der Waals surface area contributed by atoms with Crippen LogP contribution in [0, 0.1) is 0 Å². The van der Waals surface area contributed by atoms with Crippen LogP contribution in [0.15, 0.2) is 54.6 Å². The Morgan fingerprint density at radius 1 is 1.05 bits per heavy atom. The molecule has 21 heavy (non-hydrogen) atoms. The molecule has 0 heterocycles. The quantitative estimate of drug-likeness (QED) is 0.666. The topological polar surface area (TPSA) is 57.5 Å². The van der Waals surface area contributed by atoms with Gasteiger partial charge in [0.05, 0.1) is 5.60 Å². The summed E-state index contributed by atoms with van der Waals surface area (Å²) in [5.41, 5.74) is 0.497. The lowest BCUT2D eigenvalue weighted by molar-refractivity contribution is 0.0781. The van der Waals surface area contributed by atoms with Gasteiger partial charge >= 0.3 is 0 Å². The first-order valence-electron chi connectivity index (χ1n) is 6.72. The Balaban J connectivity index is 2.36. The maximum Gasteiger partial charge on any atom is 0.185 e. The molecule has 2 N–H and O–H groups in total. The molecule has 0 amide bonds. The van der Waals surface area contributed by atoms with Crippen molar-refractivity contribution in [1.82, 2.24) is 0 Å². The molecule has 0 saturated heterocycles. The minimum Gasteiger partial charge on any atom is -0.507 e. The van der Waals surface area contributed by atoms with E-state index in [-0.39, 0.29) is 11.5 Å². The molecule has 0 saturated carbocycles. The van der Waals surface area contributed by atoms with Gasteiger partial charge in [-0.3, -0.25) is 4.79 Å². The average Bonchev–Trinajstić information content (AvgIpc) is 2.45. The second kappa shape index (κ2) is 5.94. The average molecular weight is 282 g/mol. The Morgan fingerprint density at radius 3 is 2.33 bits per heavy atom. The molecular formula is C18H18O3. The number of benzene rings is 2. The van der Waals surface area contributed by atoms with Crippen LogP contribution < -0.4 is 0 Å². The normalized spacial score (nSPS) is 11.8. The largest absolute Gasteiger partial charge is 0.507 e. The molecule has 0 aliphatic rings. The first-order valence-corrected chi connectivity index (χ1v) is 6.72. The van der Waals surface area contributed by atoms with Crippen LogP contribution in [0.1, 0.15) is 35.3 Å². The maximum absolute atomic E-state index is 12.1. The molecule has 0 bridgehead atoms. The van der Waals surface area contributed by atoms with Crippen molar-refractivity contribution in [3.63, 3.8) is 0 Å². The second-order valence-electron chi connectivity index (χ2n) is 5.36. The van der Waals surface area contributed by atoms with Gasteiger partial charge in [0, 0.05) is 11.1 Å².